The Morgan fingerprint density at radius 3 is 2.35 bits per heavy atom. The highest BCUT2D eigenvalue weighted by Crippen LogP contribution is 2.36. The van der Waals surface area contributed by atoms with Crippen molar-refractivity contribution in [3.05, 3.63) is 65.2 Å². The molecule has 0 bridgehead atoms. The molecule has 2 fully saturated rings. The number of rotatable bonds is 4. The first kappa shape index (κ1) is 22.4. The first-order chi connectivity index (χ1) is 15.0. The lowest BCUT2D eigenvalue weighted by molar-refractivity contribution is 0.0766. The number of aryl methyl sites for hydroxylation is 1. The van der Waals surface area contributed by atoms with E-state index in [1.807, 2.05) is 16.7 Å². The fourth-order valence-electron chi connectivity index (χ4n) is 4.38. The van der Waals surface area contributed by atoms with E-state index in [0.717, 1.165) is 31.4 Å². The van der Waals surface area contributed by atoms with Gasteiger partial charge >= 0.3 is 0 Å². The van der Waals surface area contributed by atoms with Crippen LogP contribution in [0.1, 0.15) is 52.4 Å². The Balaban J connectivity index is 1.43. The molecule has 0 spiro atoms. The predicted octanol–water partition coefficient (Wildman–Crippen LogP) is 4.49. The van der Waals surface area contributed by atoms with Crippen molar-refractivity contribution >= 4 is 27.7 Å². The van der Waals surface area contributed by atoms with E-state index in [9.17, 15) is 13.2 Å². The number of hydrogen-bond acceptors (Lipinski definition) is 4. The maximum absolute atomic E-state index is 13.1. The second-order valence-corrected chi connectivity index (χ2v) is 11.5. The first-order valence-corrected chi connectivity index (χ1v) is 13.5. The molecule has 5 nitrogen and oxygen atoms in total. The van der Waals surface area contributed by atoms with Gasteiger partial charge in [0.15, 0.2) is 0 Å². The fourth-order valence-corrected chi connectivity index (χ4v) is 7.22. The number of hydrogen-bond donors (Lipinski definition) is 0. The standard InChI is InChI=1S/C24H30N2O3S2/c1-19-7-3-4-8-22(19)23-13-16-25(17-18-30-23)24(27)20-9-11-21(12-10-20)31(28,29)26-14-5-2-6-15-26/h3-4,7-12,23H,2,5-6,13-18H2,1H3. The Morgan fingerprint density at radius 1 is 0.935 bits per heavy atom. The fraction of sp³-hybridized carbons (Fsp3) is 0.458. The zero-order chi connectivity index (χ0) is 21.8. The van der Waals surface area contributed by atoms with Gasteiger partial charge < -0.3 is 4.90 Å². The highest BCUT2D eigenvalue weighted by Gasteiger charge is 2.27. The van der Waals surface area contributed by atoms with Crippen molar-refractivity contribution in [1.82, 2.24) is 9.21 Å². The largest absolute Gasteiger partial charge is 0.338 e. The van der Waals surface area contributed by atoms with Crippen LogP contribution >= 0.6 is 11.8 Å². The lowest BCUT2D eigenvalue weighted by atomic mass is 10.0. The molecule has 31 heavy (non-hydrogen) atoms. The molecule has 1 amide bonds. The molecule has 1 unspecified atom stereocenters. The summed E-state index contributed by atoms with van der Waals surface area (Å²) in [7, 11) is -3.47. The van der Waals surface area contributed by atoms with Gasteiger partial charge in [0.25, 0.3) is 5.91 Å². The zero-order valence-electron chi connectivity index (χ0n) is 18.0. The van der Waals surface area contributed by atoms with Gasteiger partial charge in [0.05, 0.1) is 4.90 Å². The molecular formula is C24H30N2O3S2. The summed E-state index contributed by atoms with van der Waals surface area (Å²) in [4.78, 5) is 15.3. The molecule has 0 radical (unpaired) electrons. The second-order valence-electron chi connectivity index (χ2n) is 8.29. The SMILES string of the molecule is Cc1ccccc1C1CCN(C(=O)c2ccc(S(=O)(=O)N3CCCCC3)cc2)CCS1. The number of sulfonamides is 1. The summed E-state index contributed by atoms with van der Waals surface area (Å²) in [5.41, 5.74) is 3.20. The van der Waals surface area contributed by atoms with Gasteiger partial charge in [-0.2, -0.15) is 16.1 Å². The van der Waals surface area contributed by atoms with Crippen molar-refractivity contribution in [1.29, 1.82) is 0 Å². The molecule has 2 aliphatic rings. The van der Waals surface area contributed by atoms with Crippen molar-refractivity contribution in [3.63, 3.8) is 0 Å². The van der Waals surface area contributed by atoms with Crippen LogP contribution in [-0.2, 0) is 10.0 Å². The summed E-state index contributed by atoms with van der Waals surface area (Å²) >= 11 is 1.91. The molecule has 0 aromatic heterocycles. The van der Waals surface area contributed by atoms with E-state index in [4.69, 9.17) is 0 Å². The van der Waals surface area contributed by atoms with Crippen molar-refractivity contribution in [2.24, 2.45) is 0 Å². The summed E-state index contributed by atoms with van der Waals surface area (Å²) in [5.74, 6) is 0.875. The molecule has 2 heterocycles. The topological polar surface area (TPSA) is 57.7 Å². The predicted molar refractivity (Wildman–Crippen MR) is 126 cm³/mol. The third kappa shape index (κ3) is 4.99. The van der Waals surface area contributed by atoms with E-state index < -0.39 is 10.0 Å². The van der Waals surface area contributed by atoms with Crippen LogP contribution in [0.5, 0.6) is 0 Å². The van der Waals surface area contributed by atoms with E-state index in [0.29, 0.717) is 37.0 Å². The minimum absolute atomic E-state index is 0.0204. The van der Waals surface area contributed by atoms with Gasteiger partial charge in [-0.05, 0) is 61.6 Å². The normalized spacial score (nSPS) is 20.9. The van der Waals surface area contributed by atoms with Crippen LogP contribution in [0.15, 0.2) is 53.4 Å². The maximum Gasteiger partial charge on any atom is 0.253 e. The Kier molecular flexibility index (Phi) is 7.04. The van der Waals surface area contributed by atoms with Crippen LogP contribution in [0.4, 0.5) is 0 Å². The third-order valence-corrected chi connectivity index (χ3v) is 9.44. The minimum Gasteiger partial charge on any atom is -0.338 e. The summed E-state index contributed by atoms with van der Waals surface area (Å²) in [6.45, 7) is 4.72. The van der Waals surface area contributed by atoms with Crippen molar-refractivity contribution < 1.29 is 13.2 Å². The molecule has 166 valence electrons. The molecule has 4 rings (SSSR count). The first-order valence-electron chi connectivity index (χ1n) is 11.0. The van der Waals surface area contributed by atoms with Gasteiger partial charge in [0.1, 0.15) is 0 Å². The Hall–Kier alpha value is -1.83. The van der Waals surface area contributed by atoms with Crippen LogP contribution in [-0.4, -0.2) is 55.5 Å². The van der Waals surface area contributed by atoms with E-state index in [2.05, 4.69) is 31.2 Å². The number of piperidine rings is 1. The van der Waals surface area contributed by atoms with E-state index in [1.54, 1.807) is 28.6 Å². The lowest BCUT2D eigenvalue weighted by Gasteiger charge is -2.26. The van der Waals surface area contributed by atoms with Crippen LogP contribution in [0.25, 0.3) is 0 Å². The van der Waals surface area contributed by atoms with Crippen molar-refractivity contribution in [2.75, 3.05) is 31.9 Å². The van der Waals surface area contributed by atoms with Crippen LogP contribution in [0.2, 0.25) is 0 Å². The van der Waals surface area contributed by atoms with E-state index >= 15 is 0 Å². The maximum atomic E-state index is 13.1. The smallest absolute Gasteiger partial charge is 0.253 e. The van der Waals surface area contributed by atoms with Crippen LogP contribution in [0, 0.1) is 6.92 Å². The number of carbonyl (C=O) groups excluding carboxylic acids is 1. The number of nitrogens with zero attached hydrogens (tertiary/aromatic N) is 2. The monoisotopic (exact) mass is 458 g/mol. The number of amides is 1. The second kappa shape index (κ2) is 9.76. The molecule has 2 aromatic rings. The zero-order valence-corrected chi connectivity index (χ0v) is 19.6. The van der Waals surface area contributed by atoms with Gasteiger partial charge in [-0.15, -0.1) is 0 Å². The summed E-state index contributed by atoms with van der Waals surface area (Å²) in [6.07, 6.45) is 3.82. The summed E-state index contributed by atoms with van der Waals surface area (Å²) in [5, 5.41) is 0.399. The highest BCUT2D eigenvalue weighted by atomic mass is 32.2. The van der Waals surface area contributed by atoms with Gasteiger partial charge in [-0.25, -0.2) is 8.42 Å². The number of thioether (sulfide) groups is 1. The molecule has 0 aliphatic carbocycles. The number of benzene rings is 2. The van der Waals surface area contributed by atoms with Gasteiger partial charge in [0, 0.05) is 42.7 Å². The number of carbonyl (C=O) groups is 1. The van der Waals surface area contributed by atoms with E-state index in [1.165, 1.54) is 11.1 Å². The molecular weight excluding hydrogens is 428 g/mol. The third-order valence-electron chi connectivity index (χ3n) is 6.22. The molecule has 2 aliphatic heterocycles. The minimum atomic E-state index is -3.47. The average molecular weight is 459 g/mol. The molecule has 7 heteroatoms. The van der Waals surface area contributed by atoms with Crippen LogP contribution < -0.4 is 0 Å². The Morgan fingerprint density at radius 2 is 1.65 bits per heavy atom. The highest BCUT2D eigenvalue weighted by molar-refractivity contribution is 7.99. The molecule has 0 saturated carbocycles. The van der Waals surface area contributed by atoms with E-state index in [-0.39, 0.29) is 10.8 Å². The Bertz CT molecular complexity index is 1020. The van der Waals surface area contributed by atoms with Gasteiger partial charge in [-0.1, -0.05) is 30.7 Å². The van der Waals surface area contributed by atoms with Crippen molar-refractivity contribution in [2.45, 2.75) is 42.8 Å². The molecule has 2 aromatic carbocycles. The lowest BCUT2D eigenvalue weighted by Crippen LogP contribution is -2.35. The van der Waals surface area contributed by atoms with Crippen molar-refractivity contribution in [3.8, 4) is 0 Å². The Labute approximate surface area is 189 Å². The average Bonchev–Trinajstić information content (AvgIpc) is 3.06. The van der Waals surface area contributed by atoms with Crippen LogP contribution in [0.3, 0.4) is 0 Å². The molecule has 0 N–H and O–H groups in total. The molecule has 1 atom stereocenters. The summed E-state index contributed by atoms with van der Waals surface area (Å²) in [6, 6.07) is 15.0. The quantitative estimate of drug-likeness (QED) is 0.677. The van der Waals surface area contributed by atoms with Gasteiger partial charge in [-0.3, -0.25) is 4.79 Å². The van der Waals surface area contributed by atoms with Gasteiger partial charge in [0.2, 0.25) is 10.0 Å². The summed E-state index contributed by atoms with van der Waals surface area (Å²) < 4.78 is 27.2. The molecule has 2 saturated heterocycles.